The Hall–Kier alpha value is -3.24. The van der Waals surface area contributed by atoms with Crippen LogP contribution in [-0.4, -0.2) is 111 Å². The summed E-state index contributed by atoms with van der Waals surface area (Å²) in [6, 6.07) is 10.1. The summed E-state index contributed by atoms with van der Waals surface area (Å²) in [5.74, 6) is -0.486. The Kier molecular flexibility index (Phi) is 10.6. The van der Waals surface area contributed by atoms with Crippen molar-refractivity contribution in [1.82, 2.24) is 5.32 Å². The molecule has 7 N–H and O–H groups in total. The monoisotopic (exact) mass is 663 g/mol. The van der Waals surface area contributed by atoms with Crippen LogP contribution in [-0.2, 0) is 19.0 Å². The number of ether oxygens (including phenoxy) is 5. The number of carbonyl (C=O) groups is 1. The van der Waals surface area contributed by atoms with E-state index in [4.69, 9.17) is 35.3 Å². The highest BCUT2D eigenvalue weighted by Gasteiger charge is 2.53. The maximum atomic E-state index is 12.9. The number of phenols is 1. The summed E-state index contributed by atoms with van der Waals surface area (Å²) in [6.45, 7) is 5.07. The standard InChI is InChI=1S/C32H38ClNO12/c1-14(31(41)34-22-23(36)25(38)30-29(24(22)37)43-13-44-30)10-17-8-9-21(19(35)11-17)45-32-27(40)26(39)28(46-32)16(3)15(2)12-42-20-7-5-4-6-18(20)33/h4-11,22-30,32,35-40H,12-13H2,1-3H3,(H,34,41)/b14-10+,16-15-/t22-,23+,24-,25-,26+,27+,28-,29+,30-,32-/m1/s1. The summed E-state index contributed by atoms with van der Waals surface area (Å²) < 4.78 is 27.8. The molecule has 0 bridgehead atoms. The number of aliphatic hydroxyl groups excluding tert-OH is 5. The second kappa shape index (κ2) is 14.3. The van der Waals surface area contributed by atoms with Gasteiger partial charge in [-0.15, -0.1) is 0 Å². The summed E-state index contributed by atoms with van der Waals surface area (Å²) in [4.78, 5) is 12.9. The van der Waals surface area contributed by atoms with Crippen molar-refractivity contribution in [3.63, 3.8) is 0 Å². The van der Waals surface area contributed by atoms with E-state index in [1.807, 2.05) is 0 Å². The molecular weight excluding hydrogens is 626 g/mol. The maximum Gasteiger partial charge on any atom is 0.247 e. The molecule has 0 unspecified atom stereocenters. The molecule has 250 valence electrons. The van der Waals surface area contributed by atoms with E-state index in [-0.39, 0.29) is 30.5 Å². The second-order valence-electron chi connectivity index (χ2n) is 11.6. The third-order valence-electron chi connectivity index (χ3n) is 8.47. The molecule has 14 heteroatoms. The number of hydrogen-bond acceptors (Lipinski definition) is 12. The molecule has 0 radical (unpaired) electrons. The molecule has 3 fully saturated rings. The lowest BCUT2D eigenvalue weighted by molar-refractivity contribution is -0.155. The third kappa shape index (κ3) is 7.03. The van der Waals surface area contributed by atoms with Gasteiger partial charge in [-0.1, -0.05) is 29.8 Å². The summed E-state index contributed by atoms with van der Waals surface area (Å²) in [5, 5.41) is 66.4. The Morgan fingerprint density at radius 2 is 1.63 bits per heavy atom. The number of benzene rings is 2. The molecule has 13 nitrogen and oxygen atoms in total. The highest BCUT2D eigenvalue weighted by Crippen LogP contribution is 2.35. The van der Waals surface area contributed by atoms with Crippen molar-refractivity contribution in [1.29, 1.82) is 0 Å². The van der Waals surface area contributed by atoms with Gasteiger partial charge in [-0.25, -0.2) is 0 Å². The zero-order valence-electron chi connectivity index (χ0n) is 25.3. The van der Waals surface area contributed by atoms with Crippen LogP contribution in [0, 0.1) is 0 Å². The molecule has 1 saturated carbocycles. The van der Waals surface area contributed by atoms with Crippen LogP contribution in [0.2, 0.25) is 5.02 Å². The topological polar surface area (TPSA) is 197 Å². The van der Waals surface area contributed by atoms with Crippen molar-refractivity contribution in [2.75, 3.05) is 13.4 Å². The van der Waals surface area contributed by atoms with E-state index >= 15 is 0 Å². The predicted molar refractivity (Wildman–Crippen MR) is 163 cm³/mol. The van der Waals surface area contributed by atoms with Crippen LogP contribution >= 0.6 is 11.6 Å². The first-order valence-electron chi connectivity index (χ1n) is 14.7. The van der Waals surface area contributed by atoms with Crippen LogP contribution < -0.4 is 14.8 Å². The van der Waals surface area contributed by atoms with E-state index in [1.54, 1.807) is 44.2 Å². The smallest absolute Gasteiger partial charge is 0.247 e. The minimum absolute atomic E-state index is 0.0349. The van der Waals surface area contributed by atoms with Crippen LogP contribution in [0.3, 0.4) is 0 Å². The van der Waals surface area contributed by atoms with Gasteiger partial charge in [0.15, 0.2) is 11.5 Å². The zero-order valence-corrected chi connectivity index (χ0v) is 26.1. The van der Waals surface area contributed by atoms with Crippen molar-refractivity contribution >= 4 is 23.6 Å². The van der Waals surface area contributed by atoms with E-state index in [0.29, 0.717) is 21.9 Å². The Bertz CT molecular complexity index is 1480. The van der Waals surface area contributed by atoms with Gasteiger partial charge >= 0.3 is 0 Å². The molecule has 5 rings (SSSR count). The van der Waals surface area contributed by atoms with Gasteiger partial charge in [-0.05, 0) is 67.8 Å². The number of carbonyl (C=O) groups excluding carboxylic acids is 1. The van der Waals surface area contributed by atoms with E-state index in [1.165, 1.54) is 25.1 Å². The molecular formula is C32H38ClNO12. The fourth-order valence-electron chi connectivity index (χ4n) is 5.59. The van der Waals surface area contributed by atoms with Gasteiger partial charge in [-0.3, -0.25) is 4.79 Å². The fourth-order valence-corrected chi connectivity index (χ4v) is 5.78. The molecule has 3 aliphatic rings. The minimum Gasteiger partial charge on any atom is -0.504 e. The normalized spacial score (nSPS) is 33.3. The first kappa shape index (κ1) is 34.1. The number of para-hydroxylation sites is 1. The van der Waals surface area contributed by atoms with Gasteiger partial charge in [0, 0.05) is 5.57 Å². The van der Waals surface area contributed by atoms with Crippen molar-refractivity contribution < 1.29 is 59.1 Å². The second-order valence-corrected chi connectivity index (χ2v) is 12.0. The van der Waals surface area contributed by atoms with Crippen molar-refractivity contribution in [3.05, 3.63) is 69.8 Å². The Labute approximate surface area is 270 Å². The molecule has 2 aliphatic heterocycles. The molecule has 2 aromatic rings. The van der Waals surface area contributed by atoms with Crippen LogP contribution in [0.25, 0.3) is 6.08 Å². The summed E-state index contributed by atoms with van der Waals surface area (Å²) in [7, 11) is 0. The van der Waals surface area contributed by atoms with Gasteiger partial charge in [0.1, 0.15) is 68.0 Å². The number of aromatic hydroxyl groups is 1. The summed E-state index contributed by atoms with van der Waals surface area (Å²) in [5.41, 5.74) is 1.97. The van der Waals surface area contributed by atoms with Gasteiger partial charge < -0.3 is 59.6 Å². The average molecular weight is 664 g/mol. The number of fused-ring (bicyclic) bond motifs is 1. The Morgan fingerprint density at radius 3 is 2.33 bits per heavy atom. The molecule has 2 aromatic carbocycles. The zero-order chi connectivity index (χ0) is 33.3. The highest BCUT2D eigenvalue weighted by molar-refractivity contribution is 6.32. The van der Waals surface area contributed by atoms with Crippen LogP contribution in [0.15, 0.2) is 59.2 Å². The highest BCUT2D eigenvalue weighted by atomic mass is 35.5. The Morgan fingerprint density at radius 1 is 0.935 bits per heavy atom. The van der Waals surface area contributed by atoms with Gasteiger partial charge in [0.2, 0.25) is 12.2 Å². The predicted octanol–water partition coefficient (Wildman–Crippen LogP) is 1.01. The number of rotatable bonds is 9. The number of halogens is 1. The first-order chi connectivity index (χ1) is 21.9. The SMILES string of the molecule is C/C(COc1ccccc1Cl)=C(\C)[C@H]1O[C@@H](Oc2ccc(/C=C(\C)C(=O)N[C@@H]3[C@H](O)[C@@H](O)[C@H]4OCO[C@H]4[C@@H]3O)cc2O)[C@@H](O)[C@@H]1O. The molecule has 0 spiro atoms. The number of aliphatic hydroxyl groups is 5. The first-order valence-corrected chi connectivity index (χ1v) is 15.1. The van der Waals surface area contributed by atoms with Crippen LogP contribution in [0.1, 0.15) is 26.3 Å². The Balaban J connectivity index is 1.20. The molecule has 1 aliphatic carbocycles. The average Bonchev–Trinajstić information content (AvgIpc) is 3.64. The van der Waals surface area contributed by atoms with Gasteiger partial charge in [0.05, 0.1) is 11.1 Å². The number of amides is 1. The van der Waals surface area contributed by atoms with Crippen molar-refractivity contribution in [2.24, 2.45) is 0 Å². The molecule has 2 heterocycles. The molecule has 0 aromatic heterocycles. The van der Waals surface area contributed by atoms with Crippen LogP contribution in [0.4, 0.5) is 0 Å². The van der Waals surface area contributed by atoms with Gasteiger partial charge in [-0.2, -0.15) is 0 Å². The lowest BCUT2D eigenvalue weighted by Crippen LogP contribution is -2.67. The van der Waals surface area contributed by atoms with Gasteiger partial charge in [0.25, 0.3) is 0 Å². The maximum absolute atomic E-state index is 12.9. The lowest BCUT2D eigenvalue weighted by Gasteiger charge is -2.41. The largest absolute Gasteiger partial charge is 0.504 e. The minimum atomic E-state index is -1.49. The van der Waals surface area contributed by atoms with E-state index in [2.05, 4.69) is 5.32 Å². The molecule has 1 amide bonds. The number of hydrogen-bond donors (Lipinski definition) is 7. The quantitative estimate of drug-likeness (QED) is 0.149. The van der Waals surface area contributed by atoms with Crippen molar-refractivity contribution in [3.8, 4) is 17.2 Å². The molecule has 2 saturated heterocycles. The third-order valence-corrected chi connectivity index (χ3v) is 8.78. The number of phenolic OH excluding ortho intramolecular Hbond substituents is 1. The molecule has 10 atom stereocenters. The number of nitrogens with one attached hydrogen (secondary N) is 1. The summed E-state index contributed by atoms with van der Waals surface area (Å²) in [6.07, 6.45) is -9.49. The van der Waals surface area contributed by atoms with Crippen LogP contribution in [0.5, 0.6) is 17.2 Å². The lowest BCUT2D eigenvalue weighted by atomic mass is 9.83. The van der Waals surface area contributed by atoms with E-state index < -0.39 is 67.1 Å². The van der Waals surface area contributed by atoms with E-state index in [0.717, 1.165) is 5.57 Å². The fraction of sp³-hybridized carbons (Fsp3) is 0.469. The summed E-state index contributed by atoms with van der Waals surface area (Å²) >= 11 is 6.15. The van der Waals surface area contributed by atoms with E-state index in [9.17, 15) is 35.4 Å². The molecule has 46 heavy (non-hydrogen) atoms. The van der Waals surface area contributed by atoms with Crippen molar-refractivity contribution in [2.45, 2.75) is 81.9 Å².